The Kier molecular flexibility index (Phi) is 6.95. The molecule has 0 unspecified atom stereocenters. The molecular formula is C26H32F2N4O3. The first-order valence-corrected chi connectivity index (χ1v) is 11.7. The summed E-state index contributed by atoms with van der Waals surface area (Å²) < 4.78 is 39.1. The average Bonchev–Trinajstić information content (AvgIpc) is 2.78. The highest BCUT2D eigenvalue weighted by molar-refractivity contribution is 5.90. The van der Waals surface area contributed by atoms with Crippen molar-refractivity contribution in [2.75, 3.05) is 38.0 Å². The maximum atomic E-state index is 14.5. The summed E-state index contributed by atoms with van der Waals surface area (Å²) in [5, 5.41) is 15.4. The smallest absolute Gasteiger partial charge is 0.296 e. The Bertz CT molecular complexity index is 1230. The lowest BCUT2D eigenvalue weighted by molar-refractivity contribution is -0.0698. The molecule has 1 fully saturated rings. The van der Waals surface area contributed by atoms with Gasteiger partial charge in [-0.2, -0.15) is 8.78 Å². The zero-order valence-corrected chi connectivity index (χ0v) is 20.5. The Morgan fingerprint density at radius 1 is 1.17 bits per heavy atom. The molecule has 4 N–H and O–H groups in total. The standard InChI is InChI=1S/C26H32F2N4O3/c1-15-9-23-21(13-22(15)25(33)5-7-35-8-6-25)24(32-17(3)31-23)30-16(2)18-10-19(12-20(29)11-18)26(27,28)14-34-4/h9-13,16,33H,5-8,14,29H2,1-4H3,(H,30,31,32)/t16-/m1/s1. The van der Waals surface area contributed by atoms with Gasteiger partial charge in [0, 0.05) is 49.8 Å². The van der Waals surface area contributed by atoms with Crippen molar-refractivity contribution in [3.8, 4) is 0 Å². The van der Waals surface area contributed by atoms with Gasteiger partial charge in [-0.25, -0.2) is 9.97 Å². The Balaban J connectivity index is 1.74. The molecule has 2 heterocycles. The Hall–Kier alpha value is -2.88. The predicted octanol–water partition coefficient (Wildman–Crippen LogP) is 4.74. The number of nitrogen functional groups attached to an aromatic ring is 1. The first-order chi connectivity index (χ1) is 16.5. The fourth-order valence-electron chi connectivity index (χ4n) is 4.68. The highest BCUT2D eigenvalue weighted by Gasteiger charge is 2.34. The third-order valence-electron chi connectivity index (χ3n) is 6.55. The quantitative estimate of drug-likeness (QED) is 0.415. The van der Waals surface area contributed by atoms with Gasteiger partial charge in [0.25, 0.3) is 5.92 Å². The van der Waals surface area contributed by atoms with Crippen LogP contribution in [-0.2, 0) is 21.0 Å². The summed E-state index contributed by atoms with van der Waals surface area (Å²) in [5.41, 5.74) is 8.12. The molecule has 0 spiro atoms. The van der Waals surface area contributed by atoms with E-state index in [2.05, 4.69) is 20.0 Å². The highest BCUT2D eigenvalue weighted by Crippen LogP contribution is 2.38. The van der Waals surface area contributed by atoms with Gasteiger partial charge in [-0.15, -0.1) is 0 Å². The van der Waals surface area contributed by atoms with Crippen LogP contribution in [0.25, 0.3) is 10.9 Å². The lowest BCUT2D eigenvalue weighted by Crippen LogP contribution is -2.34. The number of fused-ring (bicyclic) bond motifs is 1. The van der Waals surface area contributed by atoms with E-state index >= 15 is 0 Å². The van der Waals surface area contributed by atoms with Crippen molar-refractivity contribution in [3.05, 3.63) is 58.4 Å². The Morgan fingerprint density at radius 3 is 2.57 bits per heavy atom. The molecule has 2 aromatic carbocycles. The Labute approximate surface area is 203 Å². The van der Waals surface area contributed by atoms with E-state index in [-0.39, 0.29) is 17.3 Å². The number of aryl methyl sites for hydroxylation is 2. The molecule has 1 atom stereocenters. The number of rotatable bonds is 7. The topological polar surface area (TPSA) is 103 Å². The molecule has 0 aliphatic carbocycles. The number of nitrogens with two attached hydrogens (primary N) is 1. The van der Waals surface area contributed by atoms with E-state index in [9.17, 15) is 13.9 Å². The number of aliphatic hydroxyl groups is 1. The summed E-state index contributed by atoms with van der Waals surface area (Å²) in [5.74, 6) is -2.03. The van der Waals surface area contributed by atoms with Crippen molar-refractivity contribution >= 4 is 22.4 Å². The van der Waals surface area contributed by atoms with Gasteiger partial charge in [0.15, 0.2) is 0 Å². The molecule has 0 saturated carbocycles. The number of halogens is 2. The van der Waals surface area contributed by atoms with Crippen molar-refractivity contribution in [1.82, 2.24) is 9.97 Å². The minimum Gasteiger partial charge on any atom is -0.399 e. The zero-order valence-electron chi connectivity index (χ0n) is 20.5. The number of aromatic nitrogens is 2. The zero-order chi connectivity index (χ0) is 25.4. The number of ether oxygens (including phenoxy) is 2. The summed E-state index contributed by atoms with van der Waals surface area (Å²) in [6, 6.07) is 7.87. The maximum absolute atomic E-state index is 14.5. The van der Waals surface area contributed by atoms with Crippen LogP contribution in [0.2, 0.25) is 0 Å². The molecule has 35 heavy (non-hydrogen) atoms. The number of nitrogens with one attached hydrogen (secondary N) is 1. The number of nitrogens with zero attached hydrogens (tertiary/aromatic N) is 2. The van der Waals surface area contributed by atoms with Crippen LogP contribution in [0, 0.1) is 13.8 Å². The van der Waals surface area contributed by atoms with Gasteiger partial charge in [-0.1, -0.05) is 0 Å². The van der Waals surface area contributed by atoms with Crippen molar-refractivity contribution in [2.45, 2.75) is 51.2 Å². The molecule has 1 saturated heterocycles. The second-order valence-corrected chi connectivity index (χ2v) is 9.34. The summed E-state index contributed by atoms with van der Waals surface area (Å²) in [6.07, 6.45) is 1.01. The summed E-state index contributed by atoms with van der Waals surface area (Å²) in [7, 11) is 1.24. The number of anilines is 2. The van der Waals surface area contributed by atoms with Crippen LogP contribution in [0.15, 0.2) is 30.3 Å². The van der Waals surface area contributed by atoms with E-state index in [0.717, 1.165) is 22.0 Å². The van der Waals surface area contributed by atoms with E-state index in [1.165, 1.54) is 19.2 Å². The molecular weight excluding hydrogens is 454 g/mol. The molecule has 0 amide bonds. The monoisotopic (exact) mass is 486 g/mol. The lowest BCUT2D eigenvalue weighted by Gasteiger charge is -2.34. The number of alkyl halides is 2. The van der Waals surface area contributed by atoms with Crippen LogP contribution < -0.4 is 11.1 Å². The summed E-state index contributed by atoms with van der Waals surface area (Å²) in [6.45, 7) is 5.87. The van der Waals surface area contributed by atoms with Gasteiger partial charge in [0.1, 0.15) is 18.2 Å². The largest absolute Gasteiger partial charge is 0.399 e. The van der Waals surface area contributed by atoms with Gasteiger partial charge < -0.3 is 25.6 Å². The van der Waals surface area contributed by atoms with Gasteiger partial charge >= 0.3 is 0 Å². The average molecular weight is 487 g/mol. The third-order valence-corrected chi connectivity index (χ3v) is 6.55. The number of benzene rings is 2. The van der Waals surface area contributed by atoms with Gasteiger partial charge in [-0.3, -0.25) is 0 Å². The van der Waals surface area contributed by atoms with Crippen LogP contribution in [0.4, 0.5) is 20.3 Å². The number of hydrogen-bond donors (Lipinski definition) is 3. The van der Waals surface area contributed by atoms with Gasteiger partial charge in [0.05, 0.1) is 17.2 Å². The lowest BCUT2D eigenvalue weighted by atomic mass is 9.83. The van der Waals surface area contributed by atoms with Gasteiger partial charge in [-0.05, 0) is 67.8 Å². The number of hydrogen-bond acceptors (Lipinski definition) is 7. The normalized spacial score (nSPS) is 16.9. The van der Waals surface area contributed by atoms with Crippen LogP contribution in [0.3, 0.4) is 0 Å². The molecule has 9 heteroatoms. The van der Waals surface area contributed by atoms with E-state index in [1.807, 2.05) is 26.0 Å². The van der Waals surface area contributed by atoms with Crippen molar-refractivity contribution in [2.24, 2.45) is 0 Å². The molecule has 1 aromatic heterocycles. The van der Waals surface area contributed by atoms with Crippen LogP contribution in [0.1, 0.15) is 53.9 Å². The van der Waals surface area contributed by atoms with E-state index < -0.39 is 18.1 Å². The highest BCUT2D eigenvalue weighted by atomic mass is 19.3. The third kappa shape index (κ3) is 5.22. The van der Waals surface area contributed by atoms with Gasteiger partial charge in [0.2, 0.25) is 0 Å². The number of methoxy groups -OCH3 is 1. The molecule has 1 aliphatic heterocycles. The first kappa shape index (κ1) is 25.2. The molecule has 1 aliphatic rings. The minimum atomic E-state index is -3.16. The molecule has 4 rings (SSSR count). The van der Waals surface area contributed by atoms with E-state index in [4.69, 9.17) is 10.5 Å². The summed E-state index contributed by atoms with van der Waals surface area (Å²) >= 11 is 0. The second kappa shape index (κ2) is 9.64. The van der Waals surface area contributed by atoms with Crippen molar-refractivity contribution < 1.29 is 23.4 Å². The summed E-state index contributed by atoms with van der Waals surface area (Å²) in [4.78, 5) is 9.18. The SMILES string of the molecule is COCC(F)(F)c1cc(N)cc([C@@H](C)Nc2nc(C)nc3cc(C)c(C4(O)CCOCC4)cc23)c1. The fraction of sp³-hybridized carbons (Fsp3) is 0.462. The minimum absolute atomic E-state index is 0.202. The van der Waals surface area contributed by atoms with E-state index in [0.29, 0.717) is 43.3 Å². The first-order valence-electron chi connectivity index (χ1n) is 11.7. The van der Waals surface area contributed by atoms with Crippen LogP contribution >= 0.6 is 0 Å². The second-order valence-electron chi connectivity index (χ2n) is 9.34. The van der Waals surface area contributed by atoms with Crippen molar-refractivity contribution in [1.29, 1.82) is 0 Å². The molecule has 0 bridgehead atoms. The maximum Gasteiger partial charge on any atom is 0.296 e. The fourth-order valence-corrected chi connectivity index (χ4v) is 4.68. The predicted molar refractivity (Wildman–Crippen MR) is 132 cm³/mol. The van der Waals surface area contributed by atoms with E-state index in [1.54, 1.807) is 13.0 Å². The molecule has 188 valence electrons. The van der Waals surface area contributed by atoms with Crippen molar-refractivity contribution in [3.63, 3.8) is 0 Å². The molecule has 0 radical (unpaired) electrons. The molecule has 3 aromatic rings. The van der Waals surface area contributed by atoms with Crippen LogP contribution in [0.5, 0.6) is 0 Å². The van der Waals surface area contributed by atoms with Crippen LogP contribution in [-0.4, -0.2) is 42.0 Å². The Morgan fingerprint density at radius 2 is 1.89 bits per heavy atom. The molecule has 7 nitrogen and oxygen atoms in total.